The minimum absolute atomic E-state index is 0.285. The first-order valence-corrected chi connectivity index (χ1v) is 8.72. The van der Waals surface area contributed by atoms with Crippen LogP contribution in [0, 0.1) is 5.82 Å². The first-order chi connectivity index (χ1) is 13.1. The van der Waals surface area contributed by atoms with Crippen LogP contribution in [0.4, 0.5) is 15.9 Å². The average Bonchev–Trinajstić information content (AvgIpc) is 2.68. The second-order valence-corrected chi connectivity index (χ2v) is 6.47. The highest BCUT2D eigenvalue weighted by molar-refractivity contribution is 9.10. The maximum absolute atomic E-state index is 12.9. The summed E-state index contributed by atoms with van der Waals surface area (Å²) in [7, 11) is 0. The summed E-state index contributed by atoms with van der Waals surface area (Å²) < 4.78 is 19.3. The van der Waals surface area contributed by atoms with Crippen LogP contribution in [-0.4, -0.2) is 15.0 Å². The Labute approximate surface area is 161 Å². The van der Waals surface area contributed by atoms with E-state index in [-0.39, 0.29) is 11.4 Å². The van der Waals surface area contributed by atoms with Crippen molar-refractivity contribution in [3.05, 3.63) is 81.7 Å². The van der Waals surface area contributed by atoms with E-state index in [4.69, 9.17) is 4.74 Å². The molecule has 0 atom stereocenters. The van der Waals surface area contributed by atoms with Crippen molar-refractivity contribution in [3.8, 4) is 11.5 Å². The molecule has 0 aliphatic rings. The van der Waals surface area contributed by atoms with Crippen LogP contribution in [0.2, 0.25) is 0 Å². The summed E-state index contributed by atoms with van der Waals surface area (Å²) in [6.45, 7) is 0. The predicted octanol–water partition coefficient (Wildman–Crippen LogP) is 4.76. The number of H-pyrrole nitrogens is 1. The lowest BCUT2D eigenvalue weighted by molar-refractivity contribution is 0.480. The highest BCUT2D eigenvalue weighted by atomic mass is 79.9. The van der Waals surface area contributed by atoms with E-state index < -0.39 is 0 Å². The van der Waals surface area contributed by atoms with Gasteiger partial charge in [-0.2, -0.15) is 0 Å². The van der Waals surface area contributed by atoms with E-state index in [1.807, 2.05) is 0 Å². The second-order valence-electron chi connectivity index (χ2n) is 5.62. The van der Waals surface area contributed by atoms with Gasteiger partial charge in [0.1, 0.15) is 34.8 Å². The summed E-state index contributed by atoms with van der Waals surface area (Å²) in [6, 6.07) is 12.9. The van der Waals surface area contributed by atoms with Crippen LogP contribution in [0.15, 0.2) is 70.3 Å². The highest BCUT2D eigenvalue weighted by Gasteiger charge is 2.11. The van der Waals surface area contributed by atoms with E-state index >= 15 is 0 Å². The number of fused-ring (bicyclic) bond motifs is 1. The lowest BCUT2D eigenvalue weighted by Crippen LogP contribution is -2.10. The van der Waals surface area contributed by atoms with Gasteiger partial charge in [-0.1, -0.05) is 0 Å². The van der Waals surface area contributed by atoms with Gasteiger partial charge in [0.25, 0.3) is 5.56 Å². The van der Waals surface area contributed by atoms with Gasteiger partial charge in [0.15, 0.2) is 0 Å². The number of pyridine rings is 1. The normalized spacial score (nSPS) is 10.7. The van der Waals surface area contributed by atoms with Crippen LogP contribution in [0.3, 0.4) is 0 Å². The Morgan fingerprint density at radius 3 is 2.37 bits per heavy atom. The monoisotopic (exact) mass is 426 g/mol. The molecule has 2 heterocycles. The van der Waals surface area contributed by atoms with Gasteiger partial charge in [0, 0.05) is 11.9 Å². The molecule has 134 valence electrons. The molecule has 2 N–H and O–H groups in total. The van der Waals surface area contributed by atoms with Gasteiger partial charge in [0.2, 0.25) is 0 Å². The largest absolute Gasteiger partial charge is 0.457 e. The first-order valence-electron chi connectivity index (χ1n) is 7.92. The molecular weight excluding hydrogens is 415 g/mol. The molecular formula is C19H12BrFN4O2. The standard InChI is InChI=1S/C19H12BrFN4O2/c20-15-9-22-19(26)16-17(15)23-10-24-18(16)25-12-3-7-14(8-4-12)27-13-5-1-11(21)2-6-13/h1-10H,(H,22,26)(H,23,24,25). The molecule has 8 heteroatoms. The van der Waals surface area contributed by atoms with Gasteiger partial charge in [0.05, 0.1) is 9.99 Å². The van der Waals surface area contributed by atoms with Crippen LogP contribution in [0.5, 0.6) is 11.5 Å². The quantitative estimate of drug-likeness (QED) is 0.491. The molecule has 0 aliphatic heterocycles. The van der Waals surface area contributed by atoms with E-state index in [1.165, 1.54) is 18.5 Å². The van der Waals surface area contributed by atoms with Crippen LogP contribution in [-0.2, 0) is 0 Å². The van der Waals surface area contributed by atoms with Crippen molar-refractivity contribution in [3.63, 3.8) is 0 Å². The fraction of sp³-hybridized carbons (Fsp3) is 0. The number of hydrogen-bond acceptors (Lipinski definition) is 5. The summed E-state index contributed by atoms with van der Waals surface area (Å²) in [5, 5.41) is 3.48. The predicted molar refractivity (Wildman–Crippen MR) is 104 cm³/mol. The third kappa shape index (κ3) is 3.65. The minimum Gasteiger partial charge on any atom is -0.457 e. The van der Waals surface area contributed by atoms with E-state index in [2.05, 4.69) is 36.2 Å². The molecule has 0 radical (unpaired) electrons. The van der Waals surface area contributed by atoms with Crippen LogP contribution >= 0.6 is 15.9 Å². The highest BCUT2D eigenvalue weighted by Crippen LogP contribution is 2.27. The van der Waals surface area contributed by atoms with Crippen molar-refractivity contribution >= 4 is 38.3 Å². The number of ether oxygens (including phenoxy) is 1. The van der Waals surface area contributed by atoms with E-state index in [1.54, 1.807) is 42.6 Å². The van der Waals surface area contributed by atoms with Crippen molar-refractivity contribution in [1.29, 1.82) is 0 Å². The summed E-state index contributed by atoms with van der Waals surface area (Å²) in [6.07, 6.45) is 2.93. The third-order valence-corrected chi connectivity index (χ3v) is 4.40. The number of halogens is 2. The van der Waals surface area contributed by atoms with E-state index in [9.17, 15) is 9.18 Å². The second kappa shape index (κ2) is 7.16. The van der Waals surface area contributed by atoms with Crippen molar-refractivity contribution in [2.75, 3.05) is 5.32 Å². The van der Waals surface area contributed by atoms with Gasteiger partial charge in [-0.15, -0.1) is 0 Å². The smallest absolute Gasteiger partial charge is 0.261 e. The lowest BCUT2D eigenvalue weighted by atomic mass is 10.2. The van der Waals surface area contributed by atoms with Crippen molar-refractivity contribution in [1.82, 2.24) is 15.0 Å². The van der Waals surface area contributed by atoms with Gasteiger partial charge >= 0.3 is 0 Å². The van der Waals surface area contributed by atoms with E-state index in [0.29, 0.717) is 32.7 Å². The number of benzene rings is 2. The number of aromatic amines is 1. The minimum atomic E-state index is -0.319. The molecule has 6 nitrogen and oxygen atoms in total. The Balaban J connectivity index is 1.59. The molecule has 0 amide bonds. The number of hydrogen-bond donors (Lipinski definition) is 2. The van der Waals surface area contributed by atoms with Gasteiger partial charge in [-0.3, -0.25) is 4.79 Å². The third-order valence-electron chi connectivity index (χ3n) is 3.80. The van der Waals surface area contributed by atoms with Gasteiger partial charge in [-0.05, 0) is 64.5 Å². The summed E-state index contributed by atoms with van der Waals surface area (Å²) in [5.74, 6) is 1.21. The van der Waals surface area contributed by atoms with E-state index in [0.717, 1.165) is 5.69 Å². The maximum Gasteiger partial charge on any atom is 0.261 e. The Kier molecular flexibility index (Phi) is 4.55. The van der Waals surface area contributed by atoms with Gasteiger partial charge < -0.3 is 15.0 Å². The average molecular weight is 427 g/mol. The lowest BCUT2D eigenvalue weighted by Gasteiger charge is -2.10. The zero-order valence-corrected chi connectivity index (χ0v) is 15.3. The molecule has 0 fully saturated rings. The number of nitrogens with one attached hydrogen (secondary N) is 2. The Hall–Kier alpha value is -3.26. The van der Waals surface area contributed by atoms with Crippen molar-refractivity contribution in [2.45, 2.75) is 0 Å². The molecule has 0 aliphatic carbocycles. The molecule has 0 saturated carbocycles. The molecule has 4 aromatic rings. The SMILES string of the molecule is O=c1[nH]cc(Br)c2ncnc(Nc3ccc(Oc4ccc(F)cc4)cc3)c12. The number of anilines is 2. The fourth-order valence-electron chi connectivity index (χ4n) is 2.53. The summed E-state index contributed by atoms with van der Waals surface area (Å²) in [5.41, 5.74) is 0.959. The fourth-order valence-corrected chi connectivity index (χ4v) is 2.94. The van der Waals surface area contributed by atoms with Crippen LogP contribution in [0.25, 0.3) is 10.9 Å². The Morgan fingerprint density at radius 2 is 1.67 bits per heavy atom. The zero-order valence-electron chi connectivity index (χ0n) is 13.7. The van der Waals surface area contributed by atoms with Crippen molar-refractivity contribution < 1.29 is 9.13 Å². The Bertz CT molecular complexity index is 1160. The molecule has 2 aromatic heterocycles. The molecule has 0 spiro atoms. The van der Waals surface area contributed by atoms with Crippen LogP contribution in [0.1, 0.15) is 0 Å². The molecule has 0 saturated heterocycles. The molecule has 0 bridgehead atoms. The Morgan fingerprint density at radius 1 is 1.00 bits per heavy atom. The number of aromatic nitrogens is 3. The summed E-state index contributed by atoms with van der Waals surface area (Å²) in [4.78, 5) is 23.1. The molecule has 2 aromatic carbocycles. The van der Waals surface area contributed by atoms with Crippen LogP contribution < -0.4 is 15.6 Å². The van der Waals surface area contributed by atoms with Crippen molar-refractivity contribution in [2.24, 2.45) is 0 Å². The summed E-state index contributed by atoms with van der Waals surface area (Å²) >= 11 is 3.37. The molecule has 0 unspecified atom stereocenters. The molecule has 27 heavy (non-hydrogen) atoms. The molecule has 4 rings (SSSR count). The first kappa shape index (κ1) is 17.2. The number of nitrogens with zero attached hydrogens (tertiary/aromatic N) is 2. The van der Waals surface area contributed by atoms with Gasteiger partial charge in [-0.25, -0.2) is 14.4 Å². The zero-order chi connectivity index (χ0) is 18.8. The maximum atomic E-state index is 12.9. The number of rotatable bonds is 4. The topological polar surface area (TPSA) is 79.9 Å².